The van der Waals surface area contributed by atoms with Crippen molar-refractivity contribution < 1.29 is 0 Å². The maximum atomic E-state index is 4.85. The van der Waals surface area contributed by atoms with Gasteiger partial charge >= 0.3 is 0 Å². The van der Waals surface area contributed by atoms with Gasteiger partial charge < -0.3 is 5.32 Å². The number of nitrogens with zero attached hydrogens (tertiary/aromatic N) is 2. The van der Waals surface area contributed by atoms with Gasteiger partial charge in [0.05, 0.1) is 11.7 Å². The van der Waals surface area contributed by atoms with Crippen molar-refractivity contribution in [3.8, 4) is 0 Å². The Morgan fingerprint density at radius 3 is 2.48 bits per heavy atom. The number of likely N-dealkylation sites (N-methyl/N-ethyl adjacent to an activating group) is 1. The third-order valence-corrected chi connectivity index (χ3v) is 5.43. The Morgan fingerprint density at radius 2 is 1.90 bits per heavy atom. The topological polar surface area (TPSA) is 29.9 Å². The largest absolute Gasteiger partial charge is 0.313 e. The van der Waals surface area contributed by atoms with Crippen LogP contribution in [0.3, 0.4) is 0 Å². The maximum absolute atomic E-state index is 4.85. The van der Waals surface area contributed by atoms with Crippen LogP contribution in [0.25, 0.3) is 0 Å². The third kappa shape index (κ3) is 3.88. The van der Waals surface area contributed by atoms with Crippen LogP contribution in [-0.2, 0) is 6.42 Å². The SMILES string of the molecule is CCNC(Cc1ccn(C(CC)CC)n1)C1(C)CCCC1. The zero-order chi connectivity index (χ0) is 15.3. The molecule has 1 N–H and O–H groups in total. The van der Waals surface area contributed by atoms with Gasteiger partial charge in [-0.1, -0.05) is 40.5 Å². The lowest BCUT2D eigenvalue weighted by molar-refractivity contribution is 0.220. The van der Waals surface area contributed by atoms with E-state index < -0.39 is 0 Å². The molecule has 1 aliphatic rings. The molecule has 0 aromatic carbocycles. The average molecular weight is 291 g/mol. The smallest absolute Gasteiger partial charge is 0.0640 e. The molecule has 1 atom stereocenters. The fourth-order valence-corrected chi connectivity index (χ4v) is 3.90. The summed E-state index contributed by atoms with van der Waals surface area (Å²) in [4.78, 5) is 0. The van der Waals surface area contributed by atoms with E-state index >= 15 is 0 Å². The normalized spacial score (nSPS) is 19.3. The van der Waals surface area contributed by atoms with E-state index in [0.717, 1.165) is 25.8 Å². The van der Waals surface area contributed by atoms with E-state index in [4.69, 9.17) is 5.10 Å². The minimum Gasteiger partial charge on any atom is -0.313 e. The van der Waals surface area contributed by atoms with Crippen LogP contribution in [0.1, 0.15) is 78.0 Å². The van der Waals surface area contributed by atoms with Crippen molar-refractivity contribution in [3.05, 3.63) is 18.0 Å². The van der Waals surface area contributed by atoms with Gasteiger partial charge in [0.1, 0.15) is 0 Å². The highest BCUT2D eigenvalue weighted by Crippen LogP contribution is 2.41. The Labute approximate surface area is 130 Å². The third-order valence-electron chi connectivity index (χ3n) is 5.43. The van der Waals surface area contributed by atoms with Crippen LogP contribution in [0.4, 0.5) is 0 Å². The molecule has 21 heavy (non-hydrogen) atoms. The number of hydrogen-bond donors (Lipinski definition) is 1. The summed E-state index contributed by atoms with van der Waals surface area (Å²) >= 11 is 0. The second-order valence-electron chi connectivity index (χ2n) is 6.93. The molecule has 1 aromatic heterocycles. The summed E-state index contributed by atoms with van der Waals surface area (Å²) in [6.07, 6.45) is 11.1. The van der Waals surface area contributed by atoms with Crippen LogP contribution in [-0.4, -0.2) is 22.4 Å². The fourth-order valence-electron chi connectivity index (χ4n) is 3.90. The number of aromatic nitrogens is 2. The molecule has 1 aliphatic carbocycles. The molecule has 3 heteroatoms. The van der Waals surface area contributed by atoms with Crippen molar-refractivity contribution >= 4 is 0 Å². The van der Waals surface area contributed by atoms with Gasteiger partial charge in [0.2, 0.25) is 0 Å². The fraction of sp³-hybridized carbons (Fsp3) is 0.833. The first-order valence-electron chi connectivity index (χ1n) is 8.90. The van der Waals surface area contributed by atoms with Crippen LogP contribution >= 0.6 is 0 Å². The Kier molecular flexibility index (Phi) is 5.86. The first-order valence-corrected chi connectivity index (χ1v) is 8.90. The minimum absolute atomic E-state index is 0.453. The molecule has 0 aliphatic heterocycles. The summed E-state index contributed by atoms with van der Waals surface area (Å²) in [7, 11) is 0. The highest BCUT2D eigenvalue weighted by molar-refractivity contribution is 5.06. The van der Waals surface area contributed by atoms with Gasteiger partial charge in [-0.2, -0.15) is 5.10 Å². The summed E-state index contributed by atoms with van der Waals surface area (Å²) in [5, 5.41) is 8.58. The van der Waals surface area contributed by atoms with E-state index in [-0.39, 0.29) is 0 Å². The lowest BCUT2D eigenvalue weighted by Crippen LogP contribution is -2.43. The molecule has 3 nitrogen and oxygen atoms in total. The molecule has 1 saturated carbocycles. The highest BCUT2D eigenvalue weighted by atomic mass is 15.3. The Balaban J connectivity index is 2.06. The minimum atomic E-state index is 0.453. The van der Waals surface area contributed by atoms with Gasteiger partial charge in [-0.3, -0.25) is 4.68 Å². The molecule has 1 aromatic rings. The van der Waals surface area contributed by atoms with Crippen molar-refractivity contribution in [2.45, 2.75) is 84.7 Å². The van der Waals surface area contributed by atoms with Gasteiger partial charge in [-0.25, -0.2) is 0 Å². The first-order chi connectivity index (χ1) is 10.1. The van der Waals surface area contributed by atoms with Crippen LogP contribution in [0, 0.1) is 5.41 Å². The Morgan fingerprint density at radius 1 is 1.24 bits per heavy atom. The highest BCUT2D eigenvalue weighted by Gasteiger charge is 2.36. The van der Waals surface area contributed by atoms with Crippen LogP contribution in [0.2, 0.25) is 0 Å². The molecule has 1 unspecified atom stereocenters. The van der Waals surface area contributed by atoms with Crippen molar-refractivity contribution in [2.24, 2.45) is 5.41 Å². The molecular formula is C18H33N3. The summed E-state index contributed by atoms with van der Waals surface area (Å²) in [6.45, 7) is 10.2. The van der Waals surface area contributed by atoms with Crippen molar-refractivity contribution in [2.75, 3.05) is 6.54 Å². The number of hydrogen-bond acceptors (Lipinski definition) is 2. The van der Waals surface area contributed by atoms with E-state index in [1.807, 2.05) is 0 Å². The van der Waals surface area contributed by atoms with Crippen molar-refractivity contribution in [3.63, 3.8) is 0 Å². The quantitative estimate of drug-likeness (QED) is 0.772. The van der Waals surface area contributed by atoms with Crippen LogP contribution < -0.4 is 5.32 Å². The van der Waals surface area contributed by atoms with Crippen LogP contribution in [0.15, 0.2) is 12.3 Å². The monoisotopic (exact) mass is 291 g/mol. The maximum Gasteiger partial charge on any atom is 0.0640 e. The molecule has 1 fully saturated rings. The van der Waals surface area contributed by atoms with E-state index in [0.29, 0.717) is 17.5 Å². The molecule has 0 amide bonds. The zero-order valence-electron chi connectivity index (χ0n) is 14.4. The molecular weight excluding hydrogens is 258 g/mol. The predicted octanol–water partition coefficient (Wildman–Crippen LogP) is 4.35. The van der Waals surface area contributed by atoms with Gasteiger partial charge in [0, 0.05) is 18.7 Å². The lowest BCUT2D eigenvalue weighted by Gasteiger charge is -2.34. The Hall–Kier alpha value is -0.830. The van der Waals surface area contributed by atoms with E-state index in [1.54, 1.807) is 0 Å². The van der Waals surface area contributed by atoms with Crippen molar-refractivity contribution in [1.29, 1.82) is 0 Å². The molecule has 120 valence electrons. The number of nitrogens with one attached hydrogen (secondary N) is 1. The van der Waals surface area contributed by atoms with E-state index in [9.17, 15) is 0 Å². The predicted molar refractivity (Wildman–Crippen MR) is 89.6 cm³/mol. The van der Waals surface area contributed by atoms with Crippen LogP contribution in [0.5, 0.6) is 0 Å². The van der Waals surface area contributed by atoms with Gasteiger partial charge in [-0.15, -0.1) is 0 Å². The van der Waals surface area contributed by atoms with Gasteiger partial charge in [-0.05, 0) is 43.7 Å². The summed E-state index contributed by atoms with van der Waals surface area (Å²) in [6, 6.07) is 3.34. The molecule has 0 radical (unpaired) electrons. The molecule has 1 heterocycles. The van der Waals surface area contributed by atoms with Gasteiger partial charge in [0.25, 0.3) is 0 Å². The molecule has 2 rings (SSSR count). The van der Waals surface area contributed by atoms with Crippen molar-refractivity contribution in [1.82, 2.24) is 15.1 Å². The standard InChI is InChI=1S/C18H33N3/c1-5-16(6-2)21-13-10-15(20-21)14-17(19-7-3)18(4)11-8-9-12-18/h10,13,16-17,19H,5-9,11-12,14H2,1-4H3. The van der Waals surface area contributed by atoms with E-state index in [2.05, 4.69) is 50.0 Å². The average Bonchev–Trinajstić information content (AvgIpc) is 3.10. The molecule has 0 bridgehead atoms. The second-order valence-corrected chi connectivity index (χ2v) is 6.93. The number of rotatable bonds is 8. The zero-order valence-corrected chi connectivity index (χ0v) is 14.4. The second kappa shape index (κ2) is 7.44. The molecule has 0 spiro atoms. The summed E-state index contributed by atoms with van der Waals surface area (Å²) < 4.78 is 2.18. The summed E-state index contributed by atoms with van der Waals surface area (Å²) in [5.74, 6) is 0. The summed E-state index contributed by atoms with van der Waals surface area (Å²) in [5.41, 5.74) is 1.70. The Bertz CT molecular complexity index is 414. The molecule has 0 saturated heterocycles. The first kappa shape index (κ1) is 16.5. The lowest BCUT2D eigenvalue weighted by atomic mass is 9.78. The van der Waals surface area contributed by atoms with E-state index in [1.165, 1.54) is 31.4 Å². The van der Waals surface area contributed by atoms with Gasteiger partial charge in [0.15, 0.2) is 0 Å².